The zero-order valence-corrected chi connectivity index (χ0v) is 17.3. The maximum absolute atomic E-state index is 13.5. The zero-order chi connectivity index (χ0) is 20.2. The Morgan fingerprint density at radius 2 is 0.759 bits per heavy atom. The molecule has 5 heteroatoms. The summed E-state index contributed by atoms with van der Waals surface area (Å²) < 4.78 is 30.8. The highest BCUT2D eigenvalue weighted by Gasteiger charge is 2.45. The summed E-state index contributed by atoms with van der Waals surface area (Å²) in [5.41, 5.74) is 0. The molecular formula is C24H21O3S2+. The van der Waals surface area contributed by atoms with Crippen molar-refractivity contribution in [2.45, 2.75) is 19.6 Å². The molecule has 4 aromatic rings. The third-order valence-corrected chi connectivity index (χ3v) is 9.69. The van der Waals surface area contributed by atoms with Gasteiger partial charge in [0.2, 0.25) is 0 Å². The Balaban J connectivity index is 2.12. The molecule has 0 bridgehead atoms. The highest BCUT2D eigenvalue weighted by Crippen LogP contribution is 2.67. The van der Waals surface area contributed by atoms with Crippen molar-refractivity contribution in [1.82, 2.24) is 0 Å². The summed E-state index contributed by atoms with van der Waals surface area (Å²) in [6, 6.07) is 37.6. The lowest BCUT2D eigenvalue weighted by Crippen LogP contribution is -2.10. The topological polar surface area (TPSA) is 48.6 Å². The second kappa shape index (κ2) is 8.25. The van der Waals surface area contributed by atoms with Crippen LogP contribution in [-0.2, 0) is 13.4 Å². The molecule has 0 aliphatic heterocycles. The highest BCUT2D eigenvalue weighted by atomic mass is 32.3. The molecule has 4 aromatic carbocycles. The van der Waals surface area contributed by atoms with E-state index < -0.39 is 20.4 Å². The lowest BCUT2D eigenvalue weighted by molar-refractivity contribution is 0.353. The van der Waals surface area contributed by atoms with E-state index in [-0.39, 0.29) is 4.90 Å². The highest BCUT2D eigenvalue weighted by molar-refractivity contribution is 8.30. The summed E-state index contributed by atoms with van der Waals surface area (Å²) in [6.07, 6.45) is 0. The van der Waals surface area contributed by atoms with Crippen LogP contribution in [0.3, 0.4) is 0 Å². The fourth-order valence-corrected chi connectivity index (χ4v) is 8.44. The van der Waals surface area contributed by atoms with Gasteiger partial charge in [0, 0.05) is 0 Å². The molecule has 1 N–H and O–H groups in total. The number of hydrogen-bond donors (Lipinski definition) is 1. The Morgan fingerprint density at radius 1 is 0.483 bits per heavy atom. The van der Waals surface area contributed by atoms with Gasteiger partial charge in [0.25, 0.3) is 0 Å². The van der Waals surface area contributed by atoms with Gasteiger partial charge in [-0.3, -0.25) is 0 Å². The predicted octanol–water partition coefficient (Wildman–Crippen LogP) is 6.58. The van der Waals surface area contributed by atoms with Gasteiger partial charge in [-0.15, -0.1) is 7.49 Å². The van der Waals surface area contributed by atoms with Crippen LogP contribution in [-0.4, -0.2) is 8.76 Å². The predicted molar refractivity (Wildman–Crippen MR) is 118 cm³/mol. The molecule has 146 valence electrons. The Labute approximate surface area is 173 Å². The number of hydrogen-bond acceptors (Lipinski definition) is 1. The molecule has 0 aromatic heterocycles. The van der Waals surface area contributed by atoms with Crippen LogP contribution < -0.4 is 0 Å². The molecule has 0 saturated heterocycles. The summed E-state index contributed by atoms with van der Waals surface area (Å²) >= 11 is 0. The zero-order valence-electron chi connectivity index (χ0n) is 15.6. The molecule has 0 amide bonds. The smallest absolute Gasteiger partial charge is 0.241 e. The molecule has 1 unspecified atom stereocenters. The minimum atomic E-state index is -3.78. The molecule has 0 aliphatic carbocycles. The van der Waals surface area contributed by atoms with Crippen molar-refractivity contribution in [2.24, 2.45) is 0 Å². The van der Waals surface area contributed by atoms with Crippen LogP contribution in [0.15, 0.2) is 141 Å². The van der Waals surface area contributed by atoms with Crippen molar-refractivity contribution in [3.05, 3.63) is 121 Å². The van der Waals surface area contributed by atoms with E-state index >= 15 is 0 Å². The van der Waals surface area contributed by atoms with Gasteiger partial charge in [0.15, 0.2) is 10.3 Å². The second-order valence-corrected chi connectivity index (χ2v) is 10.8. The summed E-state index contributed by atoms with van der Waals surface area (Å²) in [7, 11) is -6.24. The van der Waals surface area contributed by atoms with E-state index in [1.54, 1.807) is 24.3 Å². The Hall–Kier alpha value is -2.86. The number of benzene rings is 4. The van der Waals surface area contributed by atoms with Crippen LogP contribution in [0.25, 0.3) is 0 Å². The monoisotopic (exact) mass is 421 g/mol. The molecule has 0 aliphatic rings. The van der Waals surface area contributed by atoms with Crippen molar-refractivity contribution in [1.29, 1.82) is 0 Å². The normalized spacial score (nSPS) is 14.0. The first-order chi connectivity index (χ1) is 14.1. The summed E-state index contributed by atoms with van der Waals surface area (Å²) in [5.74, 6) is 0. The van der Waals surface area contributed by atoms with E-state index in [0.717, 1.165) is 14.7 Å². The summed E-state index contributed by atoms with van der Waals surface area (Å²) in [4.78, 5) is 2.82. The van der Waals surface area contributed by atoms with Crippen molar-refractivity contribution < 1.29 is 12.0 Å². The molecule has 0 fully saturated rings. The average molecular weight is 422 g/mol. The van der Waals surface area contributed by atoms with Crippen LogP contribution in [0.4, 0.5) is 0 Å². The van der Waals surface area contributed by atoms with E-state index in [0.29, 0.717) is 0 Å². The SMILES string of the molecule is O=S(O)(=[O+]S(c1ccccc1)(c1ccccc1)c1ccccc1)c1ccccc1. The van der Waals surface area contributed by atoms with Gasteiger partial charge >= 0.3 is 10.1 Å². The van der Waals surface area contributed by atoms with Crippen LogP contribution in [0.1, 0.15) is 0 Å². The van der Waals surface area contributed by atoms with E-state index in [1.807, 2.05) is 97.1 Å². The second-order valence-electron chi connectivity index (χ2n) is 6.35. The molecule has 0 saturated carbocycles. The van der Waals surface area contributed by atoms with Gasteiger partial charge in [-0.1, -0.05) is 72.8 Å². The Bertz CT molecular complexity index is 1090. The van der Waals surface area contributed by atoms with Gasteiger partial charge in [0.05, 0.1) is 14.7 Å². The maximum atomic E-state index is 13.5. The summed E-state index contributed by atoms with van der Waals surface area (Å²) in [5, 5.41) is 0. The first kappa shape index (κ1) is 19.5. The fraction of sp³-hybridized carbons (Fsp3) is 0. The molecule has 4 rings (SSSR count). The maximum Gasteiger partial charge on any atom is 0.454 e. The first-order valence-electron chi connectivity index (χ1n) is 9.14. The first-order valence-corrected chi connectivity index (χ1v) is 12.1. The van der Waals surface area contributed by atoms with Crippen molar-refractivity contribution >= 4 is 20.4 Å². The van der Waals surface area contributed by atoms with Crippen molar-refractivity contribution in [3.8, 4) is 0 Å². The van der Waals surface area contributed by atoms with Gasteiger partial charge in [-0.05, 0) is 48.5 Å². The van der Waals surface area contributed by atoms with Crippen molar-refractivity contribution in [2.75, 3.05) is 0 Å². The molecule has 3 nitrogen and oxygen atoms in total. The van der Waals surface area contributed by atoms with Gasteiger partial charge in [-0.25, -0.2) is 4.55 Å². The van der Waals surface area contributed by atoms with Crippen LogP contribution in [0, 0.1) is 0 Å². The Morgan fingerprint density at radius 3 is 1.07 bits per heavy atom. The third-order valence-electron chi connectivity index (χ3n) is 4.46. The molecule has 1 atom stereocenters. The van der Waals surface area contributed by atoms with Crippen LogP contribution in [0.2, 0.25) is 0 Å². The van der Waals surface area contributed by atoms with Crippen LogP contribution in [0.5, 0.6) is 0 Å². The third kappa shape index (κ3) is 3.85. The Kier molecular flexibility index (Phi) is 5.53. The minimum absolute atomic E-state index is 0.250. The molecule has 29 heavy (non-hydrogen) atoms. The van der Waals surface area contributed by atoms with Crippen LogP contribution >= 0.6 is 10.3 Å². The molecular weight excluding hydrogens is 400 g/mol. The van der Waals surface area contributed by atoms with E-state index in [1.165, 1.54) is 0 Å². The lowest BCUT2D eigenvalue weighted by Gasteiger charge is -2.25. The fourth-order valence-electron chi connectivity index (χ4n) is 3.13. The lowest BCUT2D eigenvalue weighted by atomic mass is 10.4. The van der Waals surface area contributed by atoms with Crippen molar-refractivity contribution in [3.63, 3.8) is 0 Å². The van der Waals surface area contributed by atoms with Gasteiger partial charge < -0.3 is 0 Å². The largest absolute Gasteiger partial charge is 0.454 e. The van der Waals surface area contributed by atoms with E-state index in [2.05, 4.69) is 0 Å². The summed E-state index contributed by atoms with van der Waals surface area (Å²) in [6.45, 7) is 0. The molecule has 0 heterocycles. The van der Waals surface area contributed by atoms with Gasteiger partial charge in [-0.2, -0.15) is 0 Å². The van der Waals surface area contributed by atoms with E-state index in [4.69, 9.17) is 3.29 Å². The quantitative estimate of drug-likeness (QED) is 0.292. The standard InChI is InChI=1S/C24H20O3S2/c25-29(26,24-19-11-4-12-20-24)27-28(21-13-5-1-6-14-21,22-15-7-2-8-16-22)23-17-9-3-10-18-23/h1-20H/p+1. The number of rotatable bonds is 5. The average Bonchev–Trinajstić information content (AvgIpc) is 2.80. The molecule has 0 spiro atoms. The minimum Gasteiger partial charge on any atom is -0.241 e. The molecule has 0 radical (unpaired) electrons. The van der Waals surface area contributed by atoms with E-state index in [9.17, 15) is 8.76 Å². The van der Waals surface area contributed by atoms with Gasteiger partial charge in [0.1, 0.15) is 4.90 Å².